The summed E-state index contributed by atoms with van der Waals surface area (Å²) < 4.78 is 0. The van der Waals surface area contributed by atoms with Gasteiger partial charge in [0.05, 0.1) is 6.67 Å². The Hall–Kier alpha value is -0.0800. The van der Waals surface area contributed by atoms with Gasteiger partial charge >= 0.3 is 0 Å². The molecule has 2 atom stereocenters. The van der Waals surface area contributed by atoms with Crippen molar-refractivity contribution < 1.29 is 0 Å². The Labute approximate surface area is 51.0 Å². The van der Waals surface area contributed by atoms with Crippen LogP contribution in [0.25, 0.3) is 0 Å². The molecule has 8 heavy (non-hydrogen) atoms. The lowest BCUT2D eigenvalue weighted by molar-refractivity contribution is 0.201. The molecule has 1 aliphatic heterocycles. The molecule has 0 aromatic heterocycles. The maximum Gasteiger partial charge on any atom is 0.0790 e. The molecule has 1 saturated heterocycles. The second kappa shape index (κ2) is 1.45. The Morgan fingerprint density at radius 2 is 1.62 bits per heavy atom. The third-order valence-electron chi connectivity index (χ3n) is 1.44. The summed E-state index contributed by atoms with van der Waals surface area (Å²) in [6, 6.07) is 0. The van der Waals surface area contributed by atoms with E-state index in [1.165, 1.54) is 0 Å². The minimum atomic E-state index is 0.342. The fraction of sp³-hybridized carbons (Fsp3) is 1.00. The van der Waals surface area contributed by atoms with Crippen LogP contribution in [0.1, 0.15) is 20.8 Å². The second-order valence-electron chi connectivity index (χ2n) is 3.37. The van der Waals surface area contributed by atoms with Crippen LogP contribution in [-0.2, 0) is 0 Å². The molecule has 2 unspecified atom stereocenters. The fourth-order valence-electron chi connectivity index (χ4n) is 0.890. The van der Waals surface area contributed by atoms with Crippen molar-refractivity contribution in [2.75, 3.05) is 13.7 Å². The molecule has 0 aromatic rings. The quantitative estimate of drug-likeness (QED) is 0.432. The minimum Gasteiger partial charge on any atom is -0.228 e. The van der Waals surface area contributed by atoms with Crippen LogP contribution < -0.4 is 0 Å². The van der Waals surface area contributed by atoms with Crippen LogP contribution in [-0.4, -0.2) is 29.3 Å². The molecule has 0 amide bonds. The normalized spacial score (nSPS) is 37.5. The average Bonchev–Trinajstić information content (AvgIpc) is 2.13. The van der Waals surface area contributed by atoms with Crippen molar-refractivity contribution in [3.8, 4) is 0 Å². The first-order valence-corrected chi connectivity index (χ1v) is 3.00. The van der Waals surface area contributed by atoms with Gasteiger partial charge in [-0.05, 0) is 20.8 Å². The fourth-order valence-corrected chi connectivity index (χ4v) is 0.890. The molecule has 0 spiro atoms. The highest BCUT2D eigenvalue weighted by Crippen LogP contribution is 2.24. The van der Waals surface area contributed by atoms with Crippen molar-refractivity contribution in [2.24, 2.45) is 0 Å². The van der Waals surface area contributed by atoms with Crippen LogP contribution >= 0.6 is 0 Å². The highest BCUT2D eigenvalue weighted by molar-refractivity contribution is 4.79. The zero-order valence-corrected chi connectivity index (χ0v) is 6.10. The van der Waals surface area contributed by atoms with E-state index in [0.717, 1.165) is 6.67 Å². The summed E-state index contributed by atoms with van der Waals surface area (Å²) in [7, 11) is 2.10. The number of hydrazine groups is 1. The summed E-state index contributed by atoms with van der Waals surface area (Å²) in [6.07, 6.45) is 0. The third-order valence-corrected chi connectivity index (χ3v) is 1.44. The van der Waals surface area contributed by atoms with Gasteiger partial charge in [0.1, 0.15) is 0 Å². The maximum atomic E-state index is 2.31. The first-order chi connectivity index (χ1) is 3.52. The predicted octanol–water partition coefficient (Wildman–Crippen LogP) is 0.905. The summed E-state index contributed by atoms with van der Waals surface area (Å²) >= 11 is 0. The van der Waals surface area contributed by atoms with E-state index in [1.807, 2.05) is 0 Å². The zero-order valence-electron chi connectivity index (χ0n) is 6.10. The molecule has 0 radical (unpaired) electrons. The van der Waals surface area contributed by atoms with Crippen molar-refractivity contribution >= 4 is 0 Å². The van der Waals surface area contributed by atoms with Gasteiger partial charge in [-0.2, -0.15) is 0 Å². The van der Waals surface area contributed by atoms with Crippen LogP contribution in [0.2, 0.25) is 0 Å². The van der Waals surface area contributed by atoms with Crippen LogP contribution in [0.15, 0.2) is 0 Å². The third kappa shape index (κ3) is 1.01. The lowest BCUT2D eigenvalue weighted by Crippen LogP contribution is -2.27. The van der Waals surface area contributed by atoms with Gasteiger partial charge in [-0.1, -0.05) is 0 Å². The first-order valence-electron chi connectivity index (χ1n) is 3.00. The van der Waals surface area contributed by atoms with Gasteiger partial charge in [0, 0.05) is 12.6 Å². The smallest absolute Gasteiger partial charge is 0.0790 e. The van der Waals surface area contributed by atoms with Gasteiger partial charge in [0.25, 0.3) is 0 Å². The van der Waals surface area contributed by atoms with E-state index in [-0.39, 0.29) is 0 Å². The van der Waals surface area contributed by atoms with Gasteiger partial charge in [-0.3, -0.25) is 0 Å². The molecule has 48 valence electrons. The molecule has 2 heteroatoms. The van der Waals surface area contributed by atoms with E-state index in [4.69, 9.17) is 0 Å². The summed E-state index contributed by atoms with van der Waals surface area (Å²) in [4.78, 5) is 0. The SMILES string of the molecule is CN1CN1C(C)(C)C. The highest BCUT2D eigenvalue weighted by Gasteiger charge is 2.36. The lowest BCUT2D eigenvalue weighted by Gasteiger charge is -2.18. The van der Waals surface area contributed by atoms with Crippen LogP contribution in [0.5, 0.6) is 0 Å². The van der Waals surface area contributed by atoms with Crippen LogP contribution in [0.3, 0.4) is 0 Å². The van der Waals surface area contributed by atoms with E-state index in [0.29, 0.717) is 5.54 Å². The summed E-state index contributed by atoms with van der Waals surface area (Å²) in [5.41, 5.74) is 0.342. The Morgan fingerprint density at radius 3 is 1.62 bits per heavy atom. The topological polar surface area (TPSA) is 6.02 Å². The zero-order chi connectivity index (χ0) is 6.36. The van der Waals surface area contributed by atoms with Gasteiger partial charge < -0.3 is 0 Å². The predicted molar refractivity (Wildman–Crippen MR) is 34.2 cm³/mol. The maximum absolute atomic E-state index is 2.31. The molecule has 1 rings (SSSR count). The lowest BCUT2D eigenvalue weighted by atomic mass is 10.1. The van der Waals surface area contributed by atoms with Crippen molar-refractivity contribution in [1.29, 1.82) is 0 Å². The van der Waals surface area contributed by atoms with Gasteiger partial charge in [-0.15, -0.1) is 0 Å². The molecule has 2 nitrogen and oxygen atoms in total. The molecular formula is C6H14N2. The summed E-state index contributed by atoms with van der Waals surface area (Å²) in [5.74, 6) is 0. The Kier molecular flexibility index (Phi) is 1.10. The molecule has 0 N–H and O–H groups in total. The number of rotatable bonds is 0. The molecule has 1 fully saturated rings. The van der Waals surface area contributed by atoms with Gasteiger partial charge in [-0.25, -0.2) is 10.0 Å². The minimum absolute atomic E-state index is 0.342. The van der Waals surface area contributed by atoms with E-state index in [1.54, 1.807) is 0 Å². The Bertz CT molecular complexity index is 93.2. The molecule has 0 saturated carbocycles. The van der Waals surface area contributed by atoms with Crippen molar-refractivity contribution in [3.05, 3.63) is 0 Å². The average molecular weight is 114 g/mol. The number of hydrogen-bond donors (Lipinski definition) is 0. The first kappa shape index (κ1) is 6.05. The van der Waals surface area contributed by atoms with Crippen LogP contribution in [0.4, 0.5) is 0 Å². The Balaban J connectivity index is 2.39. The van der Waals surface area contributed by atoms with Crippen molar-refractivity contribution in [2.45, 2.75) is 26.3 Å². The monoisotopic (exact) mass is 114 g/mol. The van der Waals surface area contributed by atoms with Gasteiger partial charge in [0.15, 0.2) is 0 Å². The second-order valence-corrected chi connectivity index (χ2v) is 3.37. The summed E-state index contributed by atoms with van der Waals surface area (Å²) in [5, 5.41) is 4.52. The standard InChI is InChI=1S/C6H14N2/c1-6(2,3)8-5-7(8)4/h5H2,1-4H3. The van der Waals surface area contributed by atoms with Crippen molar-refractivity contribution in [3.63, 3.8) is 0 Å². The molecule has 1 aliphatic rings. The molecule has 0 bridgehead atoms. The molecular weight excluding hydrogens is 100 g/mol. The van der Waals surface area contributed by atoms with Gasteiger partial charge in [0.2, 0.25) is 0 Å². The molecule has 1 heterocycles. The van der Waals surface area contributed by atoms with Crippen molar-refractivity contribution in [1.82, 2.24) is 10.0 Å². The Morgan fingerprint density at radius 1 is 1.25 bits per heavy atom. The number of hydrogen-bond acceptors (Lipinski definition) is 2. The highest BCUT2D eigenvalue weighted by atomic mass is 15.8. The van der Waals surface area contributed by atoms with E-state index >= 15 is 0 Å². The summed E-state index contributed by atoms with van der Waals surface area (Å²) in [6.45, 7) is 7.78. The largest absolute Gasteiger partial charge is 0.228 e. The molecule has 0 aromatic carbocycles. The van der Waals surface area contributed by atoms with E-state index in [9.17, 15) is 0 Å². The van der Waals surface area contributed by atoms with E-state index in [2.05, 4.69) is 37.8 Å². The number of nitrogens with zero attached hydrogens (tertiary/aromatic N) is 2. The van der Waals surface area contributed by atoms with Crippen LogP contribution in [0, 0.1) is 0 Å². The van der Waals surface area contributed by atoms with E-state index < -0.39 is 0 Å². The molecule has 0 aliphatic carbocycles.